The summed E-state index contributed by atoms with van der Waals surface area (Å²) in [4.78, 5) is 14.0. The number of ether oxygens (including phenoxy) is 2. The predicted molar refractivity (Wildman–Crippen MR) is 80.2 cm³/mol. The number of carbonyl (C=O) groups excluding carboxylic acids is 1. The third kappa shape index (κ3) is 2.62. The van der Waals surface area contributed by atoms with Crippen LogP contribution < -0.4 is 4.90 Å². The Morgan fingerprint density at radius 3 is 2.80 bits per heavy atom. The van der Waals surface area contributed by atoms with Crippen molar-refractivity contribution < 1.29 is 14.3 Å². The van der Waals surface area contributed by atoms with Crippen LogP contribution in [-0.2, 0) is 20.7 Å². The number of amides is 1. The maximum absolute atomic E-state index is 12.1. The van der Waals surface area contributed by atoms with Gasteiger partial charge in [0.25, 0.3) is 0 Å². The van der Waals surface area contributed by atoms with Crippen molar-refractivity contribution in [3.05, 3.63) is 29.3 Å². The first-order valence-electron chi connectivity index (χ1n) is 7.02. The van der Waals surface area contributed by atoms with Gasteiger partial charge in [0.05, 0.1) is 13.2 Å². The highest BCUT2D eigenvalue weighted by Crippen LogP contribution is 2.36. The van der Waals surface area contributed by atoms with Crippen molar-refractivity contribution in [2.75, 3.05) is 30.0 Å². The van der Waals surface area contributed by atoms with E-state index in [0.29, 0.717) is 19.6 Å². The third-order valence-corrected chi connectivity index (χ3v) is 4.32. The van der Waals surface area contributed by atoms with Gasteiger partial charge in [0.1, 0.15) is 0 Å². The number of benzene rings is 1. The zero-order valence-electron chi connectivity index (χ0n) is 11.3. The maximum atomic E-state index is 12.1. The molecule has 20 heavy (non-hydrogen) atoms. The van der Waals surface area contributed by atoms with Crippen molar-refractivity contribution in [3.8, 4) is 0 Å². The van der Waals surface area contributed by atoms with Crippen LogP contribution in [0.15, 0.2) is 18.2 Å². The quantitative estimate of drug-likeness (QED) is 0.792. The molecule has 1 amide bonds. The van der Waals surface area contributed by atoms with E-state index in [4.69, 9.17) is 9.47 Å². The molecule has 1 aromatic rings. The molecule has 1 saturated heterocycles. The first kappa shape index (κ1) is 14.0. The predicted octanol–water partition coefficient (Wildman–Crippen LogP) is 2.80. The summed E-state index contributed by atoms with van der Waals surface area (Å²) in [5.74, 6) is 0.212. The Labute approximate surface area is 127 Å². The lowest BCUT2D eigenvalue weighted by molar-refractivity contribution is -0.119. The van der Waals surface area contributed by atoms with Gasteiger partial charge in [-0.25, -0.2) is 0 Å². The molecule has 1 fully saturated rings. The molecule has 2 heterocycles. The molecule has 4 nitrogen and oxygen atoms in total. The molecule has 1 aromatic carbocycles. The maximum Gasteiger partial charge on any atom is 0.227 e. The smallest absolute Gasteiger partial charge is 0.227 e. The van der Waals surface area contributed by atoms with Gasteiger partial charge in [-0.1, -0.05) is 28.1 Å². The summed E-state index contributed by atoms with van der Waals surface area (Å²) >= 11 is 3.43. The van der Waals surface area contributed by atoms with Crippen molar-refractivity contribution in [2.45, 2.75) is 25.6 Å². The van der Waals surface area contributed by atoms with Crippen molar-refractivity contribution in [2.24, 2.45) is 0 Å². The Kier molecular flexibility index (Phi) is 4.38. The summed E-state index contributed by atoms with van der Waals surface area (Å²) in [6.45, 7) is 2.04. The van der Waals surface area contributed by atoms with Crippen LogP contribution in [0.3, 0.4) is 0 Å². The molecule has 3 rings (SSSR count). The van der Waals surface area contributed by atoms with Crippen LogP contribution in [0.1, 0.15) is 30.3 Å². The fraction of sp³-hybridized carbons (Fsp3) is 0.533. The Bertz CT molecular complexity index is 500. The van der Waals surface area contributed by atoms with Gasteiger partial charge in [-0.2, -0.15) is 0 Å². The van der Waals surface area contributed by atoms with E-state index in [1.807, 2.05) is 23.1 Å². The number of nitrogens with zero attached hydrogens (tertiary/aromatic N) is 1. The Hall–Kier alpha value is -0.910. The van der Waals surface area contributed by atoms with Crippen LogP contribution in [0.2, 0.25) is 0 Å². The van der Waals surface area contributed by atoms with E-state index < -0.39 is 0 Å². The van der Waals surface area contributed by atoms with Crippen molar-refractivity contribution >= 4 is 27.5 Å². The average molecular weight is 340 g/mol. The van der Waals surface area contributed by atoms with Gasteiger partial charge in [-0.3, -0.25) is 4.79 Å². The lowest BCUT2D eigenvalue weighted by Crippen LogP contribution is -2.36. The van der Waals surface area contributed by atoms with Gasteiger partial charge in [-0.15, -0.1) is 0 Å². The molecule has 0 aromatic heterocycles. The van der Waals surface area contributed by atoms with Crippen LogP contribution in [0.4, 0.5) is 5.69 Å². The first-order chi connectivity index (χ1) is 9.81. The minimum absolute atomic E-state index is 0.212. The summed E-state index contributed by atoms with van der Waals surface area (Å²) in [5.41, 5.74) is 3.31. The third-order valence-electron chi connectivity index (χ3n) is 3.76. The molecule has 0 unspecified atom stereocenters. The standard InChI is InChI=1S/C15H18BrNO3/c16-7-2-8-17-13-4-1-3-12(15-19-9-10-20-15)11(13)5-6-14(17)18/h1,3-4,15H,2,5-10H2. The first-order valence-corrected chi connectivity index (χ1v) is 8.14. The highest BCUT2D eigenvalue weighted by Gasteiger charge is 2.29. The molecule has 2 aliphatic rings. The van der Waals surface area contributed by atoms with E-state index in [9.17, 15) is 4.79 Å². The second-order valence-electron chi connectivity index (χ2n) is 5.01. The molecule has 108 valence electrons. The van der Waals surface area contributed by atoms with Crippen LogP contribution >= 0.6 is 15.9 Å². The molecular weight excluding hydrogens is 322 g/mol. The lowest BCUT2D eigenvalue weighted by Gasteiger charge is -2.31. The van der Waals surface area contributed by atoms with Crippen LogP contribution in [0.5, 0.6) is 0 Å². The van der Waals surface area contributed by atoms with E-state index in [0.717, 1.165) is 36.0 Å². The fourth-order valence-electron chi connectivity index (χ4n) is 2.84. The van der Waals surface area contributed by atoms with Crippen molar-refractivity contribution in [3.63, 3.8) is 0 Å². The molecule has 0 bridgehead atoms. The minimum Gasteiger partial charge on any atom is -0.346 e. The molecule has 0 atom stereocenters. The summed E-state index contributed by atoms with van der Waals surface area (Å²) in [5, 5.41) is 0.903. The van der Waals surface area contributed by atoms with Crippen molar-refractivity contribution in [1.29, 1.82) is 0 Å². The van der Waals surface area contributed by atoms with E-state index in [1.165, 1.54) is 5.56 Å². The number of halogens is 1. The molecule has 0 spiro atoms. The molecule has 0 aliphatic carbocycles. The monoisotopic (exact) mass is 339 g/mol. The molecular formula is C15H18BrNO3. The highest BCUT2D eigenvalue weighted by molar-refractivity contribution is 9.09. The number of anilines is 1. The van der Waals surface area contributed by atoms with E-state index in [2.05, 4.69) is 15.9 Å². The number of hydrogen-bond acceptors (Lipinski definition) is 3. The van der Waals surface area contributed by atoms with Gasteiger partial charge in [0.15, 0.2) is 6.29 Å². The number of carbonyl (C=O) groups is 1. The Balaban J connectivity index is 1.93. The van der Waals surface area contributed by atoms with Crippen molar-refractivity contribution in [1.82, 2.24) is 0 Å². The number of hydrogen-bond donors (Lipinski definition) is 0. The van der Waals surface area contributed by atoms with Gasteiger partial charge in [-0.05, 0) is 24.5 Å². The highest BCUT2D eigenvalue weighted by atomic mass is 79.9. The molecule has 0 radical (unpaired) electrons. The summed E-state index contributed by atoms with van der Waals surface area (Å²) in [6.07, 6.45) is 2.03. The van der Waals surface area contributed by atoms with Crippen LogP contribution in [0.25, 0.3) is 0 Å². The zero-order valence-corrected chi connectivity index (χ0v) is 12.9. The minimum atomic E-state index is -0.267. The summed E-state index contributed by atoms with van der Waals surface area (Å²) < 4.78 is 11.2. The molecule has 2 aliphatic heterocycles. The average Bonchev–Trinajstić information content (AvgIpc) is 2.99. The van der Waals surface area contributed by atoms with Gasteiger partial charge < -0.3 is 14.4 Å². The summed E-state index contributed by atoms with van der Waals surface area (Å²) in [7, 11) is 0. The van der Waals surface area contributed by atoms with Gasteiger partial charge in [0, 0.05) is 29.5 Å². The largest absolute Gasteiger partial charge is 0.346 e. The Morgan fingerprint density at radius 2 is 2.05 bits per heavy atom. The molecule has 5 heteroatoms. The lowest BCUT2D eigenvalue weighted by atomic mass is 9.95. The van der Waals surface area contributed by atoms with Crippen LogP contribution in [0, 0.1) is 0 Å². The van der Waals surface area contributed by atoms with Crippen LogP contribution in [-0.4, -0.2) is 31.0 Å². The summed E-state index contributed by atoms with van der Waals surface area (Å²) in [6, 6.07) is 6.06. The van der Waals surface area contributed by atoms with E-state index in [-0.39, 0.29) is 12.2 Å². The number of fused-ring (bicyclic) bond motifs is 1. The second kappa shape index (κ2) is 6.24. The second-order valence-corrected chi connectivity index (χ2v) is 5.80. The number of alkyl halides is 1. The SMILES string of the molecule is O=C1CCc2c(C3OCCO3)cccc2N1CCCBr. The fourth-order valence-corrected chi connectivity index (χ4v) is 3.09. The van der Waals surface area contributed by atoms with Gasteiger partial charge >= 0.3 is 0 Å². The van der Waals surface area contributed by atoms with E-state index >= 15 is 0 Å². The normalized spacial score (nSPS) is 19.4. The number of rotatable bonds is 4. The topological polar surface area (TPSA) is 38.8 Å². The molecule has 0 N–H and O–H groups in total. The Morgan fingerprint density at radius 1 is 1.25 bits per heavy atom. The zero-order chi connectivity index (χ0) is 13.9. The van der Waals surface area contributed by atoms with Gasteiger partial charge in [0.2, 0.25) is 5.91 Å². The molecule has 0 saturated carbocycles. The van der Waals surface area contributed by atoms with E-state index in [1.54, 1.807) is 0 Å².